The van der Waals surface area contributed by atoms with Gasteiger partial charge in [0.15, 0.2) is 17.5 Å². The Bertz CT molecular complexity index is 1250. The fourth-order valence-corrected chi connectivity index (χ4v) is 5.16. The molecule has 1 aliphatic heterocycles. The lowest BCUT2D eigenvalue weighted by Gasteiger charge is -2.38. The molecule has 0 aromatic carbocycles. The molecule has 0 radical (unpaired) electrons. The standard InChI is InChI=1S/C22H37N7O8S/c1-3-8-24-14(7-10-36-21-18(32)17(31)16(30)13(2)37-21)28-38(34,35)11-6-4-5-9-29-12-25-15-19(29)26-22(23)27-20(15)33/h12-13,16-18,21,30-32H,3-11H2,1-2H3,(H,24,28)(H3,23,26,27,33)/t13-,16+,17+,18-,21-/m0/s1. The number of aryl methyl sites for hydroxylation is 1. The Morgan fingerprint density at radius 3 is 2.76 bits per heavy atom. The number of nitrogens with two attached hydrogens (primary N) is 1. The summed E-state index contributed by atoms with van der Waals surface area (Å²) in [4.78, 5) is 26.7. The van der Waals surface area contributed by atoms with E-state index in [1.807, 2.05) is 6.92 Å². The number of hydrogen-bond acceptors (Lipinski definition) is 12. The van der Waals surface area contributed by atoms with E-state index in [0.29, 0.717) is 44.4 Å². The van der Waals surface area contributed by atoms with Gasteiger partial charge < -0.3 is 35.1 Å². The Hall–Kier alpha value is -2.63. The summed E-state index contributed by atoms with van der Waals surface area (Å²) in [5.41, 5.74) is 5.76. The molecule has 15 nitrogen and oxygen atoms in total. The summed E-state index contributed by atoms with van der Waals surface area (Å²) in [6.07, 6.45) is -2.02. The number of ether oxygens (including phenoxy) is 2. The van der Waals surface area contributed by atoms with E-state index in [2.05, 4.69) is 24.7 Å². The maximum absolute atomic E-state index is 12.6. The second-order valence-corrected chi connectivity index (χ2v) is 11.0. The minimum absolute atomic E-state index is 0.000697. The minimum atomic E-state index is -3.67. The van der Waals surface area contributed by atoms with Gasteiger partial charge in [-0.2, -0.15) is 4.98 Å². The second kappa shape index (κ2) is 13.4. The average molecular weight is 560 g/mol. The minimum Gasteiger partial charge on any atom is -0.388 e. The van der Waals surface area contributed by atoms with Gasteiger partial charge in [0.1, 0.15) is 24.1 Å². The van der Waals surface area contributed by atoms with Gasteiger partial charge in [0.2, 0.25) is 16.0 Å². The van der Waals surface area contributed by atoms with Crippen LogP contribution in [0.1, 0.15) is 46.0 Å². The Labute approximate surface area is 220 Å². The molecule has 1 saturated heterocycles. The first-order valence-corrected chi connectivity index (χ1v) is 14.2. The molecule has 0 saturated carbocycles. The molecule has 0 aliphatic carbocycles. The van der Waals surface area contributed by atoms with Crippen LogP contribution in [0.5, 0.6) is 0 Å². The number of aliphatic hydroxyl groups excluding tert-OH is 3. The normalized spacial score (nSPS) is 24.7. The van der Waals surface area contributed by atoms with Crippen molar-refractivity contribution >= 4 is 33.0 Å². The molecule has 2 aromatic heterocycles. The highest BCUT2D eigenvalue weighted by Gasteiger charge is 2.42. The fourth-order valence-electron chi connectivity index (χ4n) is 3.95. The van der Waals surface area contributed by atoms with Gasteiger partial charge in [0.05, 0.1) is 24.8 Å². The van der Waals surface area contributed by atoms with Crippen molar-refractivity contribution in [3.8, 4) is 0 Å². The Morgan fingerprint density at radius 1 is 1.26 bits per heavy atom. The molecule has 214 valence electrons. The van der Waals surface area contributed by atoms with E-state index in [0.717, 1.165) is 0 Å². The van der Waals surface area contributed by atoms with E-state index >= 15 is 0 Å². The smallest absolute Gasteiger partial charge is 0.280 e. The summed E-state index contributed by atoms with van der Waals surface area (Å²) < 4.78 is 40.4. The molecule has 3 heterocycles. The Morgan fingerprint density at radius 2 is 2.03 bits per heavy atom. The Balaban J connectivity index is 1.45. The summed E-state index contributed by atoms with van der Waals surface area (Å²) in [5, 5.41) is 29.7. The fraction of sp³-hybridized carbons (Fsp3) is 0.727. The lowest BCUT2D eigenvalue weighted by molar-refractivity contribution is -0.292. The molecule has 1 aliphatic rings. The second-order valence-electron chi connectivity index (χ2n) is 9.17. The van der Waals surface area contributed by atoms with E-state index in [1.54, 1.807) is 11.5 Å². The van der Waals surface area contributed by atoms with Crippen LogP contribution < -0.4 is 16.0 Å². The third-order valence-corrected chi connectivity index (χ3v) is 7.41. The molecule has 3 rings (SSSR count). The van der Waals surface area contributed by atoms with Crippen molar-refractivity contribution in [2.24, 2.45) is 4.99 Å². The van der Waals surface area contributed by atoms with Crippen LogP contribution in [-0.4, -0.2) is 98.7 Å². The topological polar surface area (TPSA) is 227 Å². The molecule has 5 atom stereocenters. The predicted molar refractivity (Wildman–Crippen MR) is 139 cm³/mol. The first kappa shape index (κ1) is 29.9. The van der Waals surface area contributed by atoms with Crippen LogP contribution in [0.2, 0.25) is 0 Å². The molecular formula is C22H37N7O8S. The molecule has 0 bridgehead atoms. The number of aliphatic hydroxyl groups is 3. The molecule has 0 amide bonds. The number of aromatic nitrogens is 4. The molecular weight excluding hydrogens is 522 g/mol. The van der Waals surface area contributed by atoms with Crippen molar-refractivity contribution in [2.75, 3.05) is 24.6 Å². The summed E-state index contributed by atoms with van der Waals surface area (Å²) in [7, 11) is -3.67. The number of rotatable bonds is 13. The zero-order chi connectivity index (χ0) is 27.9. The SMILES string of the molecule is CCCN=C(CCO[C@H]1O[C@@H](C)[C@@H](O)[C@@H](O)[C@@H]1O)NS(=O)(=O)CCCCCn1cnc2c(=O)[nH]c(N)nc21. The van der Waals surface area contributed by atoms with Crippen molar-refractivity contribution in [1.29, 1.82) is 0 Å². The van der Waals surface area contributed by atoms with Crippen LogP contribution >= 0.6 is 0 Å². The van der Waals surface area contributed by atoms with Gasteiger partial charge in [-0.3, -0.25) is 19.5 Å². The molecule has 16 heteroatoms. The third kappa shape index (κ3) is 7.94. The number of H-pyrrole nitrogens is 1. The molecule has 0 unspecified atom stereocenters. The number of nitrogen functional groups attached to an aromatic ring is 1. The van der Waals surface area contributed by atoms with Crippen LogP contribution in [0.15, 0.2) is 16.1 Å². The molecule has 0 spiro atoms. The molecule has 38 heavy (non-hydrogen) atoms. The van der Waals surface area contributed by atoms with Gasteiger partial charge in [-0.1, -0.05) is 13.3 Å². The number of unbranched alkanes of at least 4 members (excludes halogenated alkanes) is 2. The van der Waals surface area contributed by atoms with E-state index in [4.69, 9.17) is 15.2 Å². The van der Waals surface area contributed by atoms with Gasteiger partial charge in [-0.25, -0.2) is 13.4 Å². The lowest BCUT2D eigenvalue weighted by atomic mass is 10.0. The van der Waals surface area contributed by atoms with Crippen molar-refractivity contribution < 1.29 is 33.2 Å². The summed E-state index contributed by atoms with van der Waals surface area (Å²) in [6.45, 7) is 4.35. The van der Waals surface area contributed by atoms with E-state index in [1.165, 1.54) is 6.33 Å². The number of sulfonamides is 1. The van der Waals surface area contributed by atoms with Crippen LogP contribution in [0.25, 0.3) is 11.2 Å². The number of aromatic amines is 1. The van der Waals surface area contributed by atoms with E-state index in [9.17, 15) is 28.5 Å². The number of fused-ring (bicyclic) bond motifs is 1. The van der Waals surface area contributed by atoms with Gasteiger partial charge in [-0.15, -0.1) is 0 Å². The number of nitrogens with one attached hydrogen (secondary N) is 2. The van der Waals surface area contributed by atoms with E-state index in [-0.39, 0.29) is 36.1 Å². The number of anilines is 1. The average Bonchev–Trinajstić information content (AvgIpc) is 3.26. The van der Waals surface area contributed by atoms with Gasteiger partial charge in [0, 0.05) is 19.5 Å². The highest BCUT2D eigenvalue weighted by atomic mass is 32.2. The third-order valence-electron chi connectivity index (χ3n) is 6.03. The largest absolute Gasteiger partial charge is 0.388 e. The summed E-state index contributed by atoms with van der Waals surface area (Å²) >= 11 is 0. The maximum Gasteiger partial charge on any atom is 0.280 e. The van der Waals surface area contributed by atoms with Crippen molar-refractivity contribution in [3.05, 3.63) is 16.7 Å². The van der Waals surface area contributed by atoms with Gasteiger partial charge >= 0.3 is 0 Å². The van der Waals surface area contributed by atoms with E-state index < -0.39 is 46.3 Å². The lowest BCUT2D eigenvalue weighted by Crippen LogP contribution is -2.57. The molecule has 2 aromatic rings. The molecule has 7 N–H and O–H groups in total. The van der Waals surface area contributed by atoms with Crippen LogP contribution in [0.4, 0.5) is 5.95 Å². The number of nitrogens with zero attached hydrogens (tertiary/aromatic N) is 4. The van der Waals surface area contributed by atoms with Gasteiger partial charge in [-0.05, 0) is 26.2 Å². The van der Waals surface area contributed by atoms with Crippen molar-refractivity contribution in [2.45, 2.75) is 83.2 Å². The number of amidine groups is 1. The maximum atomic E-state index is 12.6. The molecule has 1 fully saturated rings. The van der Waals surface area contributed by atoms with Crippen molar-refractivity contribution in [1.82, 2.24) is 24.2 Å². The zero-order valence-electron chi connectivity index (χ0n) is 21.5. The van der Waals surface area contributed by atoms with Crippen LogP contribution in [0.3, 0.4) is 0 Å². The number of hydrogen-bond donors (Lipinski definition) is 6. The number of imidazole rings is 1. The van der Waals surface area contributed by atoms with Crippen LogP contribution in [0, 0.1) is 0 Å². The van der Waals surface area contributed by atoms with Crippen LogP contribution in [-0.2, 0) is 26.0 Å². The monoisotopic (exact) mass is 559 g/mol. The summed E-state index contributed by atoms with van der Waals surface area (Å²) in [6, 6.07) is 0. The van der Waals surface area contributed by atoms with Gasteiger partial charge in [0.25, 0.3) is 5.56 Å². The summed E-state index contributed by atoms with van der Waals surface area (Å²) in [5.74, 6) is 0.117. The zero-order valence-corrected chi connectivity index (χ0v) is 22.3. The highest BCUT2D eigenvalue weighted by Crippen LogP contribution is 2.21. The van der Waals surface area contributed by atoms with Crippen molar-refractivity contribution in [3.63, 3.8) is 0 Å². The number of aliphatic imine (C=N–C) groups is 1. The highest BCUT2D eigenvalue weighted by molar-refractivity contribution is 7.90. The first-order chi connectivity index (χ1) is 18.0. The quantitative estimate of drug-likeness (QED) is 0.0973. The first-order valence-electron chi connectivity index (χ1n) is 12.6. The Kier molecular flexibility index (Phi) is 10.6. The predicted octanol–water partition coefficient (Wildman–Crippen LogP) is -1.17.